The molecular weight excluding hydrogens is 400 g/mol. The van der Waals surface area contributed by atoms with E-state index in [1.807, 2.05) is 30.3 Å². The minimum Gasteiger partial charge on any atom is -0.445 e. The van der Waals surface area contributed by atoms with Crippen molar-refractivity contribution < 1.29 is 32.0 Å². The van der Waals surface area contributed by atoms with Gasteiger partial charge in [0.25, 0.3) is 10.1 Å². The molecule has 0 aliphatic carbocycles. The molecule has 2 amide bonds. The molecule has 1 aromatic carbocycles. The zero-order chi connectivity index (χ0) is 21.4. The van der Waals surface area contributed by atoms with E-state index in [9.17, 15) is 22.6 Å². The first-order valence-corrected chi connectivity index (χ1v) is 10.8. The van der Waals surface area contributed by atoms with E-state index >= 15 is 0 Å². The molecule has 2 aliphatic heterocycles. The van der Waals surface area contributed by atoms with Gasteiger partial charge in [0.1, 0.15) is 17.5 Å². The van der Waals surface area contributed by atoms with Crippen molar-refractivity contribution in [2.45, 2.75) is 38.2 Å². The van der Waals surface area contributed by atoms with Crippen LogP contribution < -0.4 is 0 Å². The first-order chi connectivity index (χ1) is 13.4. The normalized spacial score (nSPS) is 21.0. The summed E-state index contributed by atoms with van der Waals surface area (Å²) in [6.07, 6.45) is -1.21. The summed E-state index contributed by atoms with van der Waals surface area (Å²) < 4.78 is 44.1. The van der Waals surface area contributed by atoms with Crippen LogP contribution in [-0.2, 0) is 26.2 Å². The zero-order valence-electron chi connectivity index (χ0n) is 16.7. The van der Waals surface area contributed by atoms with Crippen LogP contribution in [0.15, 0.2) is 30.3 Å². The number of amides is 2. The van der Waals surface area contributed by atoms with Crippen molar-refractivity contribution >= 4 is 22.3 Å². The monoisotopic (exact) mass is 426 g/mol. The number of hydrogen-bond acceptors (Lipinski definition) is 6. The summed E-state index contributed by atoms with van der Waals surface area (Å²) in [6, 6.07) is 9.11. The third-order valence-electron chi connectivity index (χ3n) is 5.06. The molecule has 1 unspecified atom stereocenters. The molecule has 2 aliphatic rings. The van der Waals surface area contributed by atoms with E-state index in [0.717, 1.165) is 5.56 Å². The molecule has 0 radical (unpaired) electrons. The van der Waals surface area contributed by atoms with Gasteiger partial charge in [-0.2, -0.15) is 8.42 Å². The summed E-state index contributed by atoms with van der Waals surface area (Å²) in [4.78, 5) is 27.3. The fourth-order valence-electron chi connectivity index (χ4n) is 3.77. The van der Waals surface area contributed by atoms with Crippen molar-refractivity contribution in [3.8, 4) is 0 Å². The number of ether oxygens (including phenoxy) is 2. The van der Waals surface area contributed by atoms with Crippen LogP contribution in [0.5, 0.6) is 0 Å². The minimum atomic E-state index is -4.42. The second kappa shape index (κ2) is 7.49. The Morgan fingerprint density at radius 2 is 1.69 bits per heavy atom. The number of likely N-dealkylation sites (tertiary alicyclic amines) is 2. The quantitative estimate of drug-likeness (QED) is 0.737. The molecule has 2 fully saturated rings. The molecule has 160 valence electrons. The number of carbonyl (C=O) groups is 2. The van der Waals surface area contributed by atoms with Crippen LogP contribution in [0.4, 0.5) is 9.59 Å². The van der Waals surface area contributed by atoms with Crippen molar-refractivity contribution in [3.63, 3.8) is 0 Å². The van der Waals surface area contributed by atoms with E-state index in [0.29, 0.717) is 0 Å². The highest BCUT2D eigenvalue weighted by molar-refractivity contribution is 7.86. The van der Waals surface area contributed by atoms with E-state index in [-0.39, 0.29) is 32.8 Å². The second-order valence-corrected chi connectivity index (χ2v) is 10.2. The van der Waals surface area contributed by atoms with Gasteiger partial charge < -0.3 is 19.3 Å². The van der Waals surface area contributed by atoms with Gasteiger partial charge in [0.05, 0.1) is 0 Å². The smallest absolute Gasteiger partial charge is 0.410 e. The number of carbonyl (C=O) groups excluding carboxylic acids is 2. The Morgan fingerprint density at radius 3 is 2.24 bits per heavy atom. The lowest BCUT2D eigenvalue weighted by Crippen LogP contribution is -2.65. The van der Waals surface area contributed by atoms with Gasteiger partial charge in [-0.25, -0.2) is 9.59 Å². The van der Waals surface area contributed by atoms with Crippen LogP contribution in [0.1, 0.15) is 26.3 Å². The standard InChI is InChI=1S/C19H26N2O7S/c1-18(2,3)28-17(23)21-12-19(13-21)11-20(9-15(19)29(24,25)26)16(22)27-10-14-7-5-4-6-8-14/h4-8,15H,9-13H2,1-3H3,(H,24,25,26). The number of hydrogen-bond donors (Lipinski definition) is 1. The summed E-state index contributed by atoms with van der Waals surface area (Å²) in [6.45, 7) is 5.32. The van der Waals surface area contributed by atoms with E-state index < -0.39 is 38.6 Å². The Morgan fingerprint density at radius 1 is 1.10 bits per heavy atom. The van der Waals surface area contributed by atoms with Gasteiger partial charge in [0, 0.05) is 31.6 Å². The Kier molecular flexibility index (Phi) is 5.52. The summed E-state index contributed by atoms with van der Waals surface area (Å²) >= 11 is 0. The van der Waals surface area contributed by atoms with E-state index in [1.54, 1.807) is 20.8 Å². The summed E-state index contributed by atoms with van der Waals surface area (Å²) in [7, 11) is -4.42. The molecule has 2 heterocycles. The van der Waals surface area contributed by atoms with Crippen LogP contribution in [0.3, 0.4) is 0 Å². The molecule has 1 N–H and O–H groups in total. The van der Waals surface area contributed by atoms with Crippen LogP contribution in [0.2, 0.25) is 0 Å². The Labute approximate surface area is 170 Å². The van der Waals surface area contributed by atoms with Gasteiger partial charge in [-0.1, -0.05) is 30.3 Å². The molecular formula is C19H26N2O7S. The third-order valence-corrected chi connectivity index (χ3v) is 6.43. The average Bonchev–Trinajstić information content (AvgIpc) is 2.99. The lowest BCUT2D eigenvalue weighted by Gasteiger charge is -2.49. The van der Waals surface area contributed by atoms with Crippen molar-refractivity contribution in [1.82, 2.24) is 9.80 Å². The summed E-state index contributed by atoms with van der Waals surface area (Å²) in [5, 5.41) is -1.18. The van der Waals surface area contributed by atoms with E-state index in [2.05, 4.69) is 0 Å². The van der Waals surface area contributed by atoms with Gasteiger partial charge in [-0.15, -0.1) is 0 Å². The van der Waals surface area contributed by atoms with Crippen molar-refractivity contribution in [3.05, 3.63) is 35.9 Å². The zero-order valence-corrected chi connectivity index (χ0v) is 17.5. The molecule has 0 saturated carbocycles. The number of rotatable bonds is 3. The molecule has 29 heavy (non-hydrogen) atoms. The van der Waals surface area contributed by atoms with Gasteiger partial charge in [-0.3, -0.25) is 4.55 Å². The maximum Gasteiger partial charge on any atom is 0.410 e. The first kappa shape index (κ1) is 21.4. The third kappa shape index (κ3) is 4.81. The molecule has 0 bridgehead atoms. The molecule has 1 aromatic rings. The molecule has 10 heteroatoms. The van der Waals surface area contributed by atoms with Gasteiger partial charge in [-0.05, 0) is 26.3 Å². The predicted molar refractivity (Wildman–Crippen MR) is 104 cm³/mol. The molecule has 3 rings (SSSR count). The molecule has 2 saturated heterocycles. The van der Waals surface area contributed by atoms with E-state index in [1.165, 1.54) is 9.80 Å². The molecule has 1 spiro atoms. The minimum absolute atomic E-state index is 0.0593. The maximum atomic E-state index is 12.4. The lowest BCUT2D eigenvalue weighted by molar-refractivity contribution is -0.0298. The van der Waals surface area contributed by atoms with Crippen LogP contribution in [-0.4, -0.2) is 72.0 Å². The Hall–Kier alpha value is -2.33. The average molecular weight is 426 g/mol. The summed E-state index contributed by atoms with van der Waals surface area (Å²) in [5.41, 5.74) is -0.803. The molecule has 0 aromatic heterocycles. The summed E-state index contributed by atoms with van der Waals surface area (Å²) in [5.74, 6) is 0. The number of nitrogens with zero attached hydrogens (tertiary/aromatic N) is 2. The first-order valence-electron chi connectivity index (χ1n) is 9.29. The Balaban J connectivity index is 1.65. The van der Waals surface area contributed by atoms with Gasteiger partial charge in [0.15, 0.2) is 0 Å². The van der Waals surface area contributed by atoms with Crippen LogP contribution >= 0.6 is 0 Å². The molecule has 9 nitrogen and oxygen atoms in total. The highest BCUT2D eigenvalue weighted by Crippen LogP contribution is 2.43. The lowest BCUT2D eigenvalue weighted by atomic mass is 9.79. The fourth-order valence-corrected chi connectivity index (χ4v) is 5.00. The maximum absolute atomic E-state index is 12.4. The fraction of sp³-hybridized carbons (Fsp3) is 0.579. The predicted octanol–water partition coefficient (Wildman–Crippen LogP) is 2.13. The number of benzene rings is 1. The topological polar surface area (TPSA) is 113 Å². The van der Waals surface area contributed by atoms with Crippen molar-refractivity contribution in [2.24, 2.45) is 5.41 Å². The van der Waals surface area contributed by atoms with E-state index in [4.69, 9.17) is 9.47 Å². The van der Waals surface area contributed by atoms with Gasteiger partial charge >= 0.3 is 12.2 Å². The molecule has 1 atom stereocenters. The highest BCUT2D eigenvalue weighted by Gasteiger charge is 2.61. The van der Waals surface area contributed by atoms with Gasteiger partial charge in [0.2, 0.25) is 0 Å². The van der Waals surface area contributed by atoms with Crippen LogP contribution in [0, 0.1) is 5.41 Å². The SMILES string of the molecule is CC(C)(C)OC(=O)N1CC2(CN(C(=O)OCc3ccccc3)CC2S(=O)(=O)O)C1. The highest BCUT2D eigenvalue weighted by atomic mass is 32.2. The largest absolute Gasteiger partial charge is 0.445 e. The van der Waals surface area contributed by atoms with Crippen molar-refractivity contribution in [1.29, 1.82) is 0 Å². The Bertz CT molecular complexity index is 874. The second-order valence-electron chi connectivity index (χ2n) is 8.62. The van der Waals surface area contributed by atoms with Crippen LogP contribution in [0.25, 0.3) is 0 Å². The van der Waals surface area contributed by atoms with Crippen molar-refractivity contribution in [2.75, 3.05) is 26.2 Å².